The number of hydrogen-bond donors (Lipinski definition) is 2. The molecule has 0 radical (unpaired) electrons. The largest absolute Gasteiger partial charge is 0.481 e. The van der Waals surface area contributed by atoms with E-state index in [9.17, 15) is 19.5 Å². The Morgan fingerprint density at radius 2 is 1.65 bits per heavy atom. The third-order valence-corrected chi connectivity index (χ3v) is 8.92. The first-order valence-corrected chi connectivity index (χ1v) is 15.2. The number of benzene rings is 2. The van der Waals surface area contributed by atoms with E-state index in [1.54, 1.807) is 22.9 Å². The number of aromatic nitrogens is 3. The molecule has 1 saturated heterocycles. The number of carbonyl (C=O) groups is 3. The fraction of sp³-hybridized carbons (Fsp3) is 0.206. The van der Waals surface area contributed by atoms with Crippen LogP contribution in [0.3, 0.4) is 0 Å². The number of carboxylic acid groups (broad SMARTS) is 1. The summed E-state index contributed by atoms with van der Waals surface area (Å²) in [7, 11) is 3.31. The van der Waals surface area contributed by atoms with Crippen molar-refractivity contribution < 1.29 is 24.2 Å². The van der Waals surface area contributed by atoms with Crippen molar-refractivity contribution in [3.05, 3.63) is 88.0 Å². The first-order valence-electron chi connectivity index (χ1n) is 14.5. The van der Waals surface area contributed by atoms with Crippen LogP contribution in [0.1, 0.15) is 28.8 Å². The summed E-state index contributed by atoms with van der Waals surface area (Å²) in [5.74, 6) is 0.186. The molecule has 234 valence electrons. The van der Waals surface area contributed by atoms with Crippen LogP contribution in [-0.2, 0) is 18.4 Å². The minimum Gasteiger partial charge on any atom is -0.481 e. The van der Waals surface area contributed by atoms with E-state index in [1.165, 1.54) is 12.0 Å². The van der Waals surface area contributed by atoms with Crippen LogP contribution in [0.2, 0.25) is 10.0 Å². The number of pyridine rings is 2. The zero-order chi connectivity index (χ0) is 32.5. The molecule has 1 atom stereocenters. The van der Waals surface area contributed by atoms with Gasteiger partial charge in [-0.15, -0.1) is 0 Å². The maximum atomic E-state index is 12.0. The van der Waals surface area contributed by atoms with Crippen molar-refractivity contribution in [3.63, 3.8) is 0 Å². The van der Waals surface area contributed by atoms with Gasteiger partial charge in [-0.25, -0.2) is 14.8 Å². The Balaban J connectivity index is 1.32. The molecule has 2 amide bonds. The van der Waals surface area contributed by atoms with Crippen molar-refractivity contribution in [1.29, 1.82) is 0 Å². The van der Waals surface area contributed by atoms with E-state index in [1.807, 2.05) is 55.6 Å². The average molecular weight is 659 g/mol. The molecule has 2 aromatic carbocycles. The number of nitrogens with zero attached hydrogens (tertiary/aromatic N) is 4. The van der Waals surface area contributed by atoms with Crippen molar-refractivity contribution in [2.75, 3.05) is 13.7 Å². The SMILES string of the molecule is COc1nc(-c2cccc(-c3cccc(-c4ccc5c(C=O)cn(C)c5n4)c3Cl)c2Cl)ccc1CN(C[C@@H]1CCC(=O)N1)C(=O)O. The Hall–Kier alpha value is -4.93. The van der Waals surface area contributed by atoms with Gasteiger partial charge in [0.2, 0.25) is 11.8 Å². The molecule has 0 unspecified atom stereocenters. The number of fused-ring (bicyclic) bond motifs is 1. The molecule has 5 aromatic rings. The molecule has 1 fully saturated rings. The predicted octanol–water partition coefficient (Wildman–Crippen LogP) is 6.86. The summed E-state index contributed by atoms with van der Waals surface area (Å²) in [4.78, 5) is 45.8. The molecule has 0 spiro atoms. The Morgan fingerprint density at radius 1 is 1.02 bits per heavy atom. The quantitative estimate of drug-likeness (QED) is 0.166. The second-order valence-electron chi connectivity index (χ2n) is 11.0. The summed E-state index contributed by atoms with van der Waals surface area (Å²) in [6.07, 6.45) is 2.42. The number of amides is 2. The monoisotopic (exact) mass is 657 g/mol. The molecule has 12 heteroatoms. The highest BCUT2D eigenvalue weighted by molar-refractivity contribution is 6.39. The lowest BCUT2D eigenvalue weighted by Crippen LogP contribution is -2.41. The van der Waals surface area contributed by atoms with Crippen LogP contribution in [-0.4, -0.2) is 62.5 Å². The Morgan fingerprint density at radius 3 is 2.24 bits per heavy atom. The van der Waals surface area contributed by atoms with Gasteiger partial charge in [0, 0.05) is 71.0 Å². The third-order valence-electron chi connectivity index (χ3n) is 8.11. The Kier molecular flexibility index (Phi) is 8.66. The first kappa shape index (κ1) is 31.1. The minimum absolute atomic E-state index is 0.0351. The highest BCUT2D eigenvalue weighted by Gasteiger charge is 2.26. The second kappa shape index (κ2) is 12.8. The van der Waals surface area contributed by atoms with Crippen LogP contribution in [0, 0.1) is 0 Å². The average Bonchev–Trinajstić information content (AvgIpc) is 3.62. The lowest BCUT2D eigenvalue weighted by Gasteiger charge is -2.23. The van der Waals surface area contributed by atoms with Gasteiger partial charge >= 0.3 is 6.09 Å². The van der Waals surface area contributed by atoms with E-state index in [2.05, 4.69) is 10.3 Å². The van der Waals surface area contributed by atoms with Gasteiger partial charge in [-0.3, -0.25) is 9.59 Å². The van der Waals surface area contributed by atoms with E-state index >= 15 is 0 Å². The lowest BCUT2D eigenvalue weighted by molar-refractivity contribution is -0.119. The molecule has 0 saturated carbocycles. The standard InChI is InChI=1S/C34H29Cl2N5O5/c1-40-15-20(18-42)22-11-13-27(38-32(22)40)25-7-3-5-23(30(25)35)24-6-4-8-26(31(24)36)28-12-9-19(33(39-28)46-2)16-41(34(44)45)17-21-10-14-29(43)37-21/h3-9,11-13,15,18,21H,10,14,16-17H2,1-2H3,(H,37,43)(H,44,45)/t21-/m0/s1. The van der Waals surface area contributed by atoms with Gasteiger partial charge in [0.25, 0.3) is 0 Å². The molecule has 6 rings (SSSR count). The number of carbonyl (C=O) groups excluding carboxylic acids is 2. The Labute approximate surface area is 274 Å². The molecule has 0 aliphatic carbocycles. The number of aldehydes is 1. The van der Waals surface area contributed by atoms with E-state index in [4.69, 9.17) is 32.9 Å². The summed E-state index contributed by atoms with van der Waals surface area (Å²) in [6, 6.07) is 18.2. The molecule has 1 aliphatic heterocycles. The summed E-state index contributed by atoms with van der Waals surface area (Å²) in [5, 5.41) is 14.3. The molecule has 4 heterocycles. The number of methoxy groups -OCH3 is 1. The second-order valence-corrected chi connectivity index (χ2v) is 11.8. The van der Waals surface area contributed by atoms with Gasteiger partial charge in [0.15, 0.2) is 6.29 Å². The highest BCUT2D eigenvalue weighted by Crippen LogP contribution is 2.42. The van der Waals surface area contributed by atoms with Gasteiger partial charge in [-0.2, -0.15) is 0 Å². The molecular formula is C34H29Cl2N5O5. The summed E-state index contributed by atoms with van der Waals surface area (Å²) >= 11 is 14.0. The lowest BCUT2D eigenvalue weighted by atomic mass is 9.98. The normalized spacial score (nSPS) is 14.3. The summed E-state index contributed by atoms with van der Waals surface area (Å²) in [5.41, 5.74) is 5.73. The minimum atomic E-state index is -1.10. The molecular weight excluding hydrogens is 629 g/mol. The van der Waals surface area contributed by atoms with Crippen molar-refractivity contribution in [2.45, 2.75) is 25.4 Å². The third kappa shape index (κ3) is 5.89. The number of halogens is 2. The van der Waals surface area contributed by atoms with Crippen molar-refractivity contribution in [2.24, 2.45) is 7.05 Å². The number of hydrogen-bond acceptors (Lipinski definition) is 6. The van der Waals surface area contributed by atoms with Gasteiger partial charge in [0.05, 0.1) is 35.1 Å². The zero-order valence-electron chi connectivity index (χ0n) is 25.0. The molecule has 10 nitrogen and oxygen atoms in total. The van der Waals surface area contributed by atoms with Crippen LogP contribution in [0.15, 0.2) is 66.9 Å². The number of ether oxygens (including phenoxy) is 1. The first-order chi connectivity index (χ1) is 22.2. The maximum Gasteiger partial charge on any atom is 0.407 e. The van der Waals surface area contributed by atoms with Crippen molar-refractivity contribution in [1.82, 2.24) is 24.8 Å². The topological polar surface area (TPSA) is 127 Å². The number of nitrogens with one attached hydrogen (secondary N) is 1. The predicted molar refractivity (Wildman–Crippen MR) is 176 cm³/mol. The van der Waals surface area contributed by atoms with Gasteiger partial charge in [0.1, 0.15) is 5.65 Å². The van der Waals surface area contributed by atoms with E-state index < -0.39 is 6.09 Å². The molecule has 2 N–H and O–H groups in total. The van der Waals surface area contributed by atoms with E-state index in [-0.39, 0.29) is 30.9 Å². The van der Waals surface area contributed by atoms with Gasteiger partial charge in [-0.05, 0) is 30.7 Å². The molecule has 1 aliphatic rings. The number of rotatable bonds is 9. The van der Waals surface area contributed by atoms with E-state index in [0.29, 0.717) is 73.3 Å². The molecule has 46 heavy (non-hydrogen) atoms. The van der Waals surface area contributed by atoms with E-state index in [0.717, 1.165) is 11.7 Å². The van der Waals surface area contributed by atoms with Gasteiger partial charge in [-0.1, -0.05) is 59.6 Å². The van der Waals surface area contributed by atoms with Crippen LogP contribution in [0.5, 0.6) is 5.88 Å². The van der Waals surface area contributed by atoms with Gasteiger partial charge < -0.3 is 24.6 Å². The Bertz CT molecular complexity index is 2010. The van der Waals surface area contributed by atoms with Crippen molar-refractivity contribution >= 4 is 52.5 Å². The van der Waals surface area contributed by atoms with Crippen LogP contribution in [0.25, 0.3) is 44.7 Å². The number of aryl methyl sites for hydroxylation is 1. The molecule has 3 aromatic heterocycles. The summed E-state index contributed by atoms with van der Waals surface area (Å²) < 4.78 is 7.38. The highest BCUT2D eigenvalue weighted by atomic mass is 35.5. The fourth-order valence-corrected chi connectivity index (χ4v) is 6.46. The van der Waals surface area contributed by atoms with Crippen LogP contribution < -0.4 is 10.1 Å². The van der Waals surface area contributed by atoms with Crippen molar-refractivity contribution in [3.8, 4) is 39.5 Å². The summed E-state index contributed by atoms with van der Waals surface area (Å²) in [6.45, 7) is 0.196. The zero-order valence-corrected chi connectivity index (χ0v) is 26.5. The smallest absolute Gasteiger partial charge is 0.407 e. The molecule has 0 bridgehead atoms. The van der Waals surface area contributed by atoms with Crippen LogP contribution in [0.4, 0.5) is 4.79 Å². The maximum absolute atomic E-state index is 12.0. The van der Waals surface area contributed by atoms with Crippen LogP contribution >= 0.6 is 23.2 Å². The fourth-order valence-electron chi connectivity index (χ4n) is 5.81.